The van der Waals surface area contributed by atoms with Gasteiger partial charge in [0.15, 0.2) is 0 Å². The Balaban J connectivity index is 2.29. The minimum Gasteiger partial charge on any atom is -0.401 e. The largest absolute Gasteiger partial charge is 0.401 e. The fraction of sp³-hybridized carbons (Fsp3) is 0.143. The summed E-state index contributed by atoms with van der Waals surface area (Å²) in [5.41, 5.74) is 10.2. The Morgan fingerprint density at radius 2 is 1.46 bits per heavy atom. The van der Waals surface area contributed by atoms with Crippen LogP contribution in [-0.4, -0.2) is 25.6 Å². The molecule has 10 heteroatoms. The van der Waals surface area contributed by atoms with Gasteiger partial charge in [-0.05, 0) is 5.57 Å². The number of aromatic nitrogens is 4. The third kappa shape index (κ3) is 4.30. The van der Waals surface area contributed by atoms with E-state index in [1.54, 1.807) is 0 Å². The van der Waals surface area contributed by atoms with Crippen molar-refractivity contribution < 1.29 is 0 Å². The van der Waals surface area contributed by atoms with E-state index in [9.17, 15) is 19.2 Å². The molecule has 2 rings (SSSR count). The van der Waals surface area contributed by atoms with Crippen molar-refractivity contribution in [3.8, 4) is 0 Å². The molecular formula is C14H16N6O4. The summed E-state index contributed by atoms with van der Waals surface area (Å²) in [6.07, 6.45) is 5.58. The highest BCUT2D eigenvalue weighted by atomic mass is 16.2. The third-order valence-corrected chi connectivity index (χ3v) is 3.02. The highest BCUT2D eigenvalue weighted by Gasteiger charge is 2.02. The van der Waals surface area contributed by atoms with Crippen LogP contribution in [-0.2, 0) is 0 Å². The van der Waals surface area contributed by atoms with Gasteiger partial charge >= 0.3 is 11.4 Å². The molecule has 24 heavy (non-hydrogen) atoms. The van der Waals surface area contributed by atoms with Crippen molar-refractivity contribution in [1.82, 2.24) is 19.1 Å². The molecule has 0 saturated carbocycles. The summed E-state index contributed by atoms with van der Waals surface area (Å²) >= 11 is 0. The van der Waals surface area contributed by atoms with Gasteiger partial charge in [-0.2, -0.15) is 0 Å². The average Bonchev–Trinajstić information content (AvgIpc) is 2.52. The summed E-state index contributed by atoms with van der Waals surface area (Å²) < 4.78 is 2.29. The number of H-pyrrole nitrogens is 2. The van der Waals surface area contributed by atoms with Crippen molar-refractivity contribution >= 4 is 12.4 Å². The smallest absolute Gasteiger partial charge is 0.332 e. The van der Waals surface area contributed by atoms with Gasteiger partial charge in [-0.25, -0.2) is 9.59 Å². The first-order valence-electron chi connectivity index (χ1n) is 6.88. The maximum absolute atomic E-state index is 11.6. The highest BCUT2D eigenvalue weighted by molar-refractivity contribution is 5.38. The summed E-state index contributed by atoms with van der Waals surface area (Å²) in [7, 11) is 0. The van der Waals surface area contributed by atoms with E-state index < -0.39 is 22.5 Å². The van der Waals surface area contributed by atoms with Gasteiger partial charge in [0, 0.05) is 55.6 Å². The third-order valence-electron chi connectivity index (χ3n) is 3.02. The van der Waals surface area contributed by atoms with E-state index in [0.717, 1.165) is 4.57 Å². The molecule has 0 aliphatic carbocycles. The molecule has 0 aliphatic heterocycles. The zero-order valence-corrected chi connectivity index (χ0v) is 12.6. The van der Waals surface area contributed by atoms with Gasteiger partial charge in [0.2, 0.25) is 0 Å². The average molecular weight is 332 g/mol. The molecule has 0 unspecified atom stereocenters. The molecule has 0 saturated heterocycles. The lowest BCUT2D eigenvalue weighted by molar-refractivity contribution is 0.903. The van der Waals surface area contributed by atoms with Crippen LogP contribution in [0.4, 0.5) is 0 Å². The Morgan fingerprint density at radius 3 is 1.92 bits per heavy atom. The van der Waals surface area contributed by atoms with Gasteiger partial charge < -0.3 is 11.5 Å². The lowest BCUT2D eigenvalue weighted by atomic mass is 10.1. The van der Waals surface area contributed by atoms with Gasteiger partial charge in [-0.3, -0.25) is 28.7 Å². The minimum absolute atomic E-state index is 0.112. The maximum Gasteiger partial charge on any atom is 0.332 e. The van der Waals surface area contributed by atoms with E-state index >= 15 is 0 Å². The van der Waals surface area contributed by atoms with Crippen molar-refractivity contribution in [2.45, 2.75) is 6.42 Å². The number of rotatable bonds is 5. The Hall–Kier alpha value is -3.40. The number of aromatic amines is 2. The Labute approximate surface area is 134 Å². The molecule has 0 amide bonds. The van der Waals surface area contributed by atoms with Crippen molar-refractivity contribution in [2.75, 3.05) is 6.54 Å². The molecule has 10 nitrogen and oxygen atoms in total. The van der Waals surface area contributed by atoms with E-state index in [0.29, 0.717) is 11.3 Å². The molecule has 2 aromatic rings. The molecule has 0 aliphatic rings. The molecular weight excluding hydrogens is 316 g/mol. The first-order chi connectivity index (χ1) is 11.4. The SMILES string of the molecule is NC/C(=C\n1ccc(=O)[nH]c1=O)C/C(N)=C/n1ccc(=O)[nH]c1=O. The topological polar surface area (TPSA) is 162 Å². The molecule has 2 heterocycles. The highest BCUT2D eigenvalue weighted by Crippen LogP contribution is 2.06. The van der Waals surface area contributed by atoms with E-state index in [-0.39, 0.29) is 13.0 Å². The number of hydrogen-bond acceptors (Lipinski definition) is 6. The Bertz CT molecular complexity index is 1020. The van der Waals surface area contributed by atoms with Gasteiger partial charge in [-0.15, -0.1) is 0 Å². The van der Waals surface area contributed by atoms with Crippen LogP contribution in [0.1, 0.15) is 6.42 Å². The molecule has 0 bridgehead atoms. The Morgan fingerprint density at radius 1 is 0.958 bits per heavy atom. The monoisotopic (exact) mass is 332 g/mol. The fourth-order valence-electron chi connectivity index (χ4n) is 1.91. The minimum atomic E-state index is -0.624. The maximum atomic E-state index is 11.6. The van der Waals surface area contributed by atoms with Gasteiger partial charge in [0.05, 0.1) is 0 Å². The van der Waals surface area contributed by atoms with Gasteiger partial charge in [0.25, 0.3) is 11.1 Å². The molecule has 0 fully saturated rings. The quantitative estimate of drug-likeness (QED) is 0.496. The fourth-order valence-corrected chi connectivity index (χ4v) is 1.91. The van der Waals surface area contributed by atoms with Crippen molar-refractivity contribution in [3.63, 3.8) is 0 Å². The van der Waals surface area contributed by atoms with Gasteiger partial charge in [0.1, 0.15) is 0 Å². The lowest BCUT2D eigenvalue weighted by Crippen LogP contribution is -2.27. The predicted molar refractivity (Wildman–Crippen MR) is 89.1 cm³/mol. The predicted octanol–water partition coefficient (Wildman–Crippen LogP) is -1.97. The summed E-state index contributed by atoms with van der Waals surface area (Å²) in [5, 5.41) is 0. The van der Waals surface area contributed by atoms with E-state index in [2.05, 4.69) is 9.97 Å². The Kier molecular flexibility index (Phi) is 5.12. The van der Waals surface area contributed by atoms with Crippen LogP contribution in [0, 0.1) is 0 Å². The number of nitrogens with zero attached hydrogens (tertiary/aromatic N) is 2. The second-order valence-electron chi connectivity index (χ2n) is 4.91. The molecule has 0 spiro atoms. The van der Waals surface area contributed by atoms with Crippen molar-refractivity contribution in [2.24, 2.45) is 11.5 Å². The van der Waals surface area contributed by atoms with Crippen molar-refractivity contribution in [1.29, 1.82) is 0 Å². The summed E-state index contributed by atoms with van der Waals surface area (Å²) in [6.45, 7) is 0.112. The molecule has 0 atom stereocenters. The standard InChI is InChI=1S/C14H16N6O4/c15-6-9(7-19-3-1-11(21)17-13(19)23)5-10(16)8-20-4-2-12(22)18-14(20)24/h1-4,7-8H,5-6,15-16H2,(H,17,21,23)(H,18,22,24)/b9-7-,10-8-. The van der Waals surface area contributed by atoms with E-state index in [4.69, 9.17) is 11.5 Å². The van der Waals surface area contributed by atoms with Crippen LogP contribution in [0.3, 0.4) is 0 Å². The molecule has 0 radical (unpaired) electrons. The zero-order chi connectivity index (χ0) is 17.7. The summed E-state index contributed by atoms with van der Waals surface area (Å²) in [4.78, 5) is 49.5. The van der Waals surface area contributed by atoms with E-state index in [1.165, 1.54) is 41.5 Å². The number of allylic oxidation sites excluding steroid dienone is 1. The summed E-state index contributed by atoms with van der Waals surface area (Å²) in [5.74, 6) is 0. The van der Waals surface area contributed by atoms with Gasteiger partial charge in [-0.1, -0.05) is 0 Å². The zero-order valence-electron chi connectivity index (χ0n) is 12.6. The number of hydrogen-bond donors (Lipinski definition) is 4. The molecule has 126 valence electrons. The van der Waals surface area contributed by atoms with Crippen LogP contribution in [0.5, 0.6) is 0 Å². The van der Waals surface area contributed by atoms with Crippen LogP contribution in [0.15, 0.2) is 55.0 Å². The second kappa shape index (κ2) is 7.24. The van der Waals surface area contributed by atoms with Crippen LogP contribution < -0.4 is 34.0 Å². The second-order valence-corrected chi connectivity index (χ2v) is 4.91. The van der Waals surface area contributed by atoms with Crippen LogP contribution >= 0.6 is 0 Å². The molecule has 0 aromatic carbocycles. The lowest BCUT2D eigenvalue weighted by Gasteiger charge is -2.07. The van der Waals surface area contributed by atoms with Crippen LogP contribution in [0.25, 0.3) is 12.4 Å². The first kappa shape index (κ1) is 17.0. The van der Waals surface area contributed by atoms with Crippen molar-refractivity contribution in [3.05, 3.63) is 77.5 Å². The summed E-state index contributed by atoms with van der Waals surface area (Å²) in [6, 6.07) is 2.38. The first-order valence-corrected chi connectivity index (χ1v) is 6.88. The van der Waals surface area contributed by atoms with Crippen LogP contribution in [0.2, 0.25) is 0 Å². The van der Waals surface area contributed by atoms with E-state index in [1.807, 2.05) is 0 Å². The number of nitrogens with two attached hydrogens (primary N) is 2. The number of nitrogens with one attached hydrogen (secondary N) is 2. The molecule has 2 aromatic heterocycles. The molecule has 6 N–H and O–H groups in total. The normalized spacial score (nSPS) is 12.4.